The predicted molar refractivity (Wildman–Crippen MR) is 83.6 cm³/mol. The number of anilines is 2. The van der Waals surface area contributed by atoms with Crippen LogP contribution >= 0.6 is 0 Å². The van der Waals surface area contributed by atoms with Crippen molar-refractivity contribution >= 4 is 21.5 Å². The molecule has 0 radical (unpaired) electrons. The van der Waals surface area contributed by atoms with Crippen molar-refractivity contribution in [3.05, 3.63) is 35.5 Å². The summed E-state index contributed by atoms with van der Waals surface area (Å²) in [7, 11) is -2.02. The second kappa shape index (κ2) is 5.77. The summed E-state index contributed by atoms with van der Waals surface area (Å²) >= 11 is 0. The van der Waals surface area contributed by atoms with E-state index in [9.17, 15) is 8.42 Å². The first kappa shape index (κ1) is 15.4. The average Bonchev–Trinajstić information content (AvgIpc) is 2.82. The molecule has 6 nitrogen and oxygen atoms in total. The second-order valence-corrected chi connectivity index (χ2v) is 6.47. The largest absolute Gasteiger partial charge is 0.398 e. The van der Waals surface area contributed by atoms with Crippen molar-refractivity contribution in [2.75, 3.05) is 10.5 Å². The van der Waals surface area contributed by atoms with E-state index in [4.69, 9.17) is 5.73 Å². The summed E-state index contributed by atoms with van der Waals surface area (Å²) in [5.74, 6) is 0.414. The van der Waals surface area contributed by atoms with Crippen molar-refractivity contribution < 1.29 is 8.42 Å². The van der Waals surface area contributed by atoms with E-state index in [0.717, 1.165) is 12.0 Å². The zero-order valence-corrected chi connectivity index (χ0v) is 13.2. The molecule has 7 heteroatoms. The van der Waals surface area contributed by atoms with Crippen LogP contribution in [0, 0.1) is 0 Å². The van der Waals surface area contributed by atoms with E-state index < -0.39 is 10.0 Å². The van der Waals surface area contributed by atoms with Gasteiger partial charge in [-0.1, -0.05) is 13.8 Å². The van der Waals surface area contributed by atoms with E-state index in [1.807, 2.05) is 19.9 Å². The van der Waals surface area contributed by atoms with Crippen LogP contribution in [-0.2, 0) is 29.9 Å². The molecule has 2 aromatic rings. The van der Waals surface area contributed by atoms with E-state index in [1.54, 1.807) is 19.2 Å². The Morgan fingerprint density at radius 2 is 2.00 bits per heavy atom. The molecule has 0 bridgehead atoms. The third kappa shape index (κ3) is 3.02. The van der Waals surface area contributed by atoms with Gasteiger partial charge in [-0.25, -0.2) is 8.42 Å². The van der Waals surface area contributed by atoms with Crippen LogP contribution in [0.5, 0.6) is 0 Å². The molecule has 1 aromatic heterocycles. The van der Waals surface area contributed by atoms with Crippen LogP contribution in [0.4, 0.5) is 11.5 Å². The molecule has 0 amide bonds. The smallest absolute Gasteiger partial charge is 0.263 e. The summed E-state index contributed by atoms with van der Waals surface area (Å²) < 4.78 is 29.3. The van der Waals surface area contributed by atoms with Gasteiger partial charge in [-0.15, -0.1) is 0 Å². The fourth-order valence-corrected chi connectivity index (χ4v) is 3.69. The predicted octanol–water partition coefficient (Wildman–Crippen LogP) is 1.93. The van der Waals surface area contributed by atoms with E-state index in [1.165, 1.54) is 10.9 Å². The van der Waals surface area contributed by atoms with E-state index >= 15 is 0 Å². The number of nitrogens with two attached hydrogens (primary N) is 1. The van der Waals surface area contributed by atoms with Crippen LogP contribution in [0.15, 0.2) is 29.3 Å². The Balaban J connectivity index is 2.53. The lowest BCUT2D eigenvalue weighted by Gasteiger charge is -2.15. The Kier molecular flexibility index (Phi) is 4.22. The monoisotopic (exact) mass is 308 g/mol. The normalized spacial score (nSPS) is 11.6. The first-order chi connectivity index (χ1) is 9.89. The number of aromatic nitrogens is 2. The summed E-state index contributed by atoms with van der Waals surface area (Å²) in [6.07, 6.45) is 2.81. The van der Waals surface area contributed by atoms with Gasteiger partial charge in [-0.2, -0.15) is 5.10 Å². The van der Waals surface area contributed by atoms with Crippen molar-refractivity contribution in [1.29, 1.82) is 0 Å². The maximum absolute atomic E-state index is 12.6. The standard InChI is InChI=1S/C14H20N4O2S/c1-4-10-8-12(15)11(5-2)13(9-10)21(19,20)17-14-6-7-16-18(14)3/h6-9,17H,4-5,15H2,1-3H3. The minimum absolute atomic E-state index is 0.239. The highest BCUT2D eigenvalue weighted by atomic mass is 32.2. The van der Waals surface area contributed by atoms with Crippen LogP contribution in [-0.4, -0.2) is 18.2 Å². The lowest BCUT2D eigenvalue weighted by atomic mass is 10.1. The molecule has 0 unspecified atom stereocenters. The summed E-state index contributed by atoms with van der Waals surface area (Å²) in [4.78, 5) is 0.239. The highest BCUT2D eigenvalue weighted by Gasteiger charge is 2.21. The van der Waals surface area contributed by atoms with Crippen molar-refractivity contribution in [2.45, 2.75) is 31.6 Å². The highest BCUT2D eigenvalue weighted by Crippen LogP contribution is 2.26. The molecule has 0 saturated carbocycles. The minimum Gasteiger partial charge on any atom is -0.398 e. The molecule has 0 fully saturated rings. The number of benzene rings is 1. The number of nitrogen functional groups attached to an aromatic ring is 1. The fraction of sp³-hybridized carbons (Fsp3) is 0.357. The molecule has 0 aliphatic carbocycles. The van der Waals surface area contributed by atoms with Crippen molar-refractivity contribution in [3.8, 4) is 0 Å². The van der Waals surface area contributed by atoms with E-state index in [-0.39, 0.29) is 4.90 Å². The molecular weight excluding hydrogens is 288 g/mol. The van der Waals surface area contributed by atoms with E-state index in [0.29, 0.717) is 23.5 Å². The maximum Gasteiger partial charge on any atom is 0.263 e. The molecule has 2 rings (SSSR count). The Morgan fingerprint density at radius 3 is 2.52 bits per heavy atom. The molecule has 0 saturated heterocycles. The van der Waals surface area contributed by atoms with Crippen molar-refractivity contribution in [1.82, 2.24) is 9.78 Å². The summed E-state index contributed by atoms with van der Waals surface area (Å²) in [5.41, 5.74) is 8.05. The zero-order valence-electron chi connectivity index (χ0n) is 12.4. The lowest BCUT2D eigenvalue weighted by molar-refractivity contribution is 0.599. The molecular formula is C14H20N4O2S. The van der Waals surface area contributed by atoms with Crippen LogP contribution in [0.25, 0.3) is 0 Å². The fourth-order valence-electron chi connectivity index (χ4n) is 2.22. The number of aryl methyl sites for hydroxylation is 2. The number of nitrogens with one attached hydrogen (secondary N) is 1. The van der Waals surface area contributed by atoms with Gasteiger partial charge < -0.3 is 5.73 Å². The van der Waals surface area contributed by atoms with Gasteiger partial charge in [0.1, 0.15) is 5.82 Å². The Hall–Kier alpha value is -2.02. The number of nitrogens with zero attached hydrogens (tertiary/aromatic N) is 2. The van der Waals surface area contributed by atoms with Gasteiger partial charge in [0.15, 0.2) is 0 Å². The summed E-state index contributed by atoms with van der Waals surface area (Å²) in [6.45, 7) is 3.85. The molecule has 0 spiro atoms. The molecule has 0 atom stereocenters. The number of rotatable bonds is 5. The first-order valence-corrected chi connectivity index (χ1v) is 8.29. The van der Waals surface area contributed by atoms with Crippen LogP contribution in [0.3, 0.4) is 0 Å². The lowest BCUT2D eigenvalue weighted by Crippen LogP contribution is -2.18. The van der Waals surface area contributed by atoms with Gasteiger partial charge >= 0.3 is 0 Å². The van der Waals surface area contributed by atoms with Gasteiger partial charge in [0, 0.05) is 18.8 Å². The Bertz CT molecular complexity index is 750. The summed E-state index contributed by atoms with van der Waals surface area (Å²) in [6, 6.07) is 5.13. The summed E-state index contributed by atoms with van der Waals surface area (Å²) in [5, 5.41) is 3.95. The van der Waals surface area contributed by atoms with Gasteiger partial charge in [-0.05, 0) is 36.1 Å². The molecule has 1 aromatic carbocycles. The highest BCUT2D eigenvalue weighted by molar-refractivity contribution is 7.92. The first-order valence-electron chi connectivity index (χ1n) is 6.81. The van der Waals surface area contributed by atoms with Crippen molar-refractivity contribution in [3.63, 3.8) is 0 Å². The van der Waals surface area contributed by atoms with Gasteiger partial charge in [-0.3, -0.25) is 9.40 Å². The quantitative estimate of drug-likeness (QED) is 0.826. The molecule has 0 aliphatic heterocycles. The number of hydrogen-bond acceptors (Lipinski definition) is 4. The third-order valence-corrected chi connectivity index (χ3v) is 4.84. The van der Waals surface area contributed by atoms with Gasteiger partial charge in [0.05, 0.1) is 11.1 Å². The minimum atomic E-state index is -3.69. The van der Waals surface area contributed by atoms with Crippen LogP contribution in [0.1, 0.15) is 25.0 Å². The van der Waals surface area contributed by atoms with Crippen LogP contribution in [0.2, 0.25) is 0 Å². The number of sulfonamides is 1. The molecule has 21 heavy (non-hydrogen) atoms. The van der Waals surface area contributed by atoms with E-state index in [2.05, 4.69) is 9.82 Å². The van der Waals surface area contributed by atoms with Crippen molar-refractivity contribution in [2.24, 2.45) is 7.05 Å². The second-order valence-electron chi connectivity index (χ2n) is 4.81. The average molecular weight is 308 g/mol. The Morgan fingerprint density at radius 1 is 1.29 bits per heavy atom. The SMILES string of the molecule is CCc1cc(N)c(CC)c(S(=O)(=O)Nc2ccnn2C)c1. The maximum atomic E-state index is 12.6. The molecule has 0 aliphatic rings. The topological polar surface area (TPSA) is 90.0 Å². The zero-order chi connectivity index (χ0) is 15.6. The van der Waals surface area contributed by atoms with Crippen LogP contribution < -0.4 is 10.5 Å². The van der Waals surface area contributed by atoms with Gasteiger partial charge in [0.2, 0.25) is 0 Å². The third-order valence-electron chi connectivity index (χ3n) is 3.41. The Labute approximate surface area is 125 Å². The molecule has 1 heterocycles. The molecule has 3 N–H and O–H groups in total. The van der Waals surface area contributed by atoms with Gasteiger partial charge in [0.25, 0.3) is 10.0 Å². The molecule has 114 valence electrons. The number of hydrogen-bond donors (Lipinski definition) is 2.